The minimum atomic E-state index is -1.09. The van der Waals surface area contributed by atoms with Crippen LogP contribution in [0.15, 0.2) is 6.07 Å². The fourth-order valence-electron chi connectivity index (χ4n) is 1.48. The quantitative estimate of drug-likeness (QED) is 0.753. The number of phenolic OH excluding ortho intramolecular Hbond substituents is 1. The van der Waals surface area contributed by atoms with Gasteiger partial charge in [0.05, 0.1) is 0 Å². The second-order valence-corrected chi connectivity index (χ2v) is 4.18. The molecule has 0 amide bonds. The average Bonchev–Trinajstić information content (AvgIpc) is 2.20. The lowest BCUT2D eigenvalue weighted by molar-refractivity contribution is -0.138. The van der Waals surface area contributed by atoms with Crippen LogP contribution in [0.5, 0.6) is 5.75 Å². The van der Waals surface area contributed by atoms with Gasteiger partial charge in [0.1, 0.15) is 11.8 Å². The lowest BCUT2D eigenvalue weighted by Crippen LogP contribution is -2.32. The summed E-state index contributed by atoms with van der Waals surface area (Å²) in [6, 6.07) is 0.672. The van der Waals surface area contributed by atoms with E-state index in [-0.39, 0.29) is 12.2 Å². The number of phenols is 1. The van der Waals surface area contributed by atoms with E-state index in [1.165, 1.54) is 0 Å². The first-order valence-corrected chi connectivity index (χ1v) is 5.18. The third kappa shape index (κ3) is 2.46. The van der Waals surface area contributed by atoms with E-state index in [1.807, 2.05) is 0 Å². The minimum Gasteiger partial charge on any atom is -0.507 e. The first-order chi connectivity index (χ1) is 7.34. The molecule has 1 aromatic carbocycles. The van der Waals surface area contributed by atoms with E-state index in [4.69, 9.17) is 22.4 Å². The van der Waals surface area contributed by atoms with E-state index in [1.54, 1.807) is 19.9 Å². The summed E-state index contributed by atoms with van der Waals surface area (Å²) < 4.78 is 0. The molecule has 0 saturated carbocycles. The van der Waals surface area contributed by atoms with E-state index in [0.717, 1.165) is 5.56 Å². The number of hydrogen-bond donors (Lipinski definition) is 3. The van der Waals surface area contributed by atoms with Crippen LogP contribution >= 0.6 is 11.6 Å². The molecule has 5 heteroatoms. The fraction of sp³-hybridized carbons (Fsp3) is 0.364. The van der Waals surface area contributed by atoms with Gasteiger partial charge in [-0.05, 0) is 31.0 Å². The van der Waals surface area contributed by atoms with Gasteiger partial charge in [-0.1, -0.05) is 11.6 Å². The van der Waals surface area contributed by atoms with Crippen molar-refractivity contribution in [2.75, 3.05) is 0 Å². The van der Waals surface area contributed by atoms with Gasteiger partial charge in [-0.25, -0.2) is 0 Å². The van der Waals surface area contributed by atoms with Crippen molar-refractivity contribution < 1.29 is 15.0 Å². The summed E-state index contributed by atoms with van der Waals surface area (Å²) in [5.74, 6) is -1.06. The van der Waals surface area contributed by atoms with Gasteiger partial charge in [0.15, 0.2) is 0 Å². The predicted octanol–water partition coefficient (Wildman–Crippen LogP) is 1.62. The summed E-state index contributed by atoms with van der Waals surface area (Å²) in [6.45, 7) is 3.43. The molecule has 1 unspecified atom stereocenters. The number of halogens is 1. The number of benzene rings is 1. The fourth-order valence-corrected chi connectivity index (χ4v) is 1.73. The van der Waals surface area contributed by atoms with Crippen molar-refractivity contribution >= 4 is 17.6 Å². The Morgan fingerprint density at radius 3 is 2.62 bits per heavy atom. The molecule has 0 aliphatic carbocycles. The number of nitrogens with two attached hydrogens (primary N) is 1. The van der Waals surface area contributed by atoms with E-state index in [2.05, 4.69) is 0 Å². The third-order valence-corrected chi connectivity index (χ3v) is 2.95. The van der Waals surface area contributed by atoms with Crippen molar-refractivity contribution in [3.63, 3.8) is 0 Å². The molecule has 0 spiro atoms. The molecule has 4 N–H and O–H groups in total. The van der Waals surface area contributed by atoms with Crippen LogP contribution in [0.25, 0.3) is 0 Å². The van der Waals surface area contributed by atoms with Crippen LogP contribution in [-0.4, -0.2) is 22.2 Å². The molecule has 0 bridgehead atoms. The Labute approximate surface area is 98.6 Å². The summed E-state index contributed by atoms with van der Waals surface area (Å²) in [7, 11) is 0. The SMILES string of the molecule is Cc1cc(Cl)c(C)c(O)c1CC(N)C(=O)O. The molecule has 1 aromatic rings. The molecule has 1 rings (SSSR count). The zero-order chi connectivity index (χ0) is 12.5. The first-order valence-electron chi connectivity index (χ1n) is 4.80. The van der Waals surface area contributed by atoms with Crippen LogP contribution in [0.2, 0.25) is 5.02 Å². The van der Waals surface area contributed by atoms with Crippen LogP contribution in [0.3, 0.4) is 0 Å². The number of rotatable bonds is 3. The highest BCUT2D eigenvalue weighted by Crippen LogP contribution is 2.32. The van der Waals surface area contributed by atoms with Crippen molar-refractivity contribution in [1.82, 2.24) is 0 Å². The zero-order valence-corrected chi connectivity index (χ0v) is 9.88. The molecule has 0 saturated heterocycles. The monoisotopic (exact) mass is 243 g/mol. The first kappa shape index (κ1) is 12.8. The molecule has 0 heterocycles. The molecular formula is C11H14ClNO3. The third-order valence-electron chi connectivity index (χ3n) is 2.56. The van der Waals surface area contributed by atoms with Gasteiger partial charge in [-0.15, -0.1) is 0 Å². The zero-order valence-electron chi connectivity index (χ0n) is 9.12. The van der Waals surface area contributed by atoms with Crippen molar-refractivity contribution in [3.05, 3.63) is 27.8 Å². The Bertz CT molecular complexity index is 432. The van der Waals surface area contributed by atoms with Crippen molar-refractivity contribution in [1.29, 1.82) is 0 Å². The maximum atomic E-state index is 10.6. The van der Waals surface area contributed by atoms with Gasteiger partial charge in [0.25, 0.3) is 0 Å². The Morgan fingerprint density at radius 2 is 2.12 bits per heavy atom. The predicted molar refractivity (Wildman–Crippen MR) is 61.9 cm³/mol. The normalized spacial score (nSPS) is 12.5. The minimum absolute atomic E-state index is 0.0294. The number of aryl methyl sites for hydroxylation is 1. The molecule has 0 radical (unpaired) electrons. The maximum Gasteiger partial charge on any atom is 0.320 e. The standard InChI is InChI=1S/C11H14ClNO3/c1-5-3-8(12)6(2)10(14)7(5)4-9(13)11(15)16/h3,9,14H,4,13H2,1-2H3,(H,15,16). The topological polar surface area (TPSA) is 83.5 Å². The molecule has 0 aromatic heterocycles. The summed E-state index contributed by atoms with van der Waals surface area (Å²) in [6.07, 6.45) is 0.0883. The average molecular weight is 244 g/mol. The van der Waals surface area contributed by atoms with Gasteiger partial charge in [-0.2, -0.15) is 0 Å². The van der Waals surface area contributed by atoms with Gasteiger partial charge >= 0.3 is 5.97 Å². The Kier molecular flexibility index (Phi) is 3.78. The van der Waals surface area contributed by atoms with Crippen molar-refractivity contribution in [3.8, 4) is 5.75 Å². The van der Waals surface area contributed by atoms with Gasteiger partial charge in [-0.3, -0.25) is 4.79 Å². The molecular weight excluding hydrogens is 230 g/mol. The maximum absolute atomic E-state index is 10.6. The number of carboxylic acid groups (broad SMARTS) is 1. The molecule has 0 aliphatic heterocycles. The summed E-state index contributed by atoms with van der Waals surface area (Å²) in [5.41, 5.74) is 7.25. The van der Waals surface area contributed by atoms with Gasteiger partial charge in [0.2, 0.25) is 0 Å². The van der Waals surface area contributed by atoms with Crippen LogP contribution in [0.4, 0.5) is 0 Å². The lowest BCUT2D eigenvalue weighted by atomic mass is 9.98. The number of aliphatic carboxylic acids is 1. The molecule has 16 heavy (non-hydrogen) atoms. The second-order valence-electron chi connectivity index (χ2n) is 3.78. The van der Waals surface area contributed by atoms with Crippen LogP contribution in [-0.2, 0) is 11.2 Å². The lowest BCUT2D eigenvalue weighted by Gasteiger charge is -2.14. The number of carbonyl (C=O) groups is 1. The van der Waals surface area contributed by atoms with Crippen LogP contribution in [0, 0.1) is 13.8 Å². The summed E-state index contributed by atoms with van der Waals surface area (Å²) >= 11 is 5.88. The Balaban J connectivity index is 3.14. The Hall–Kier alpha value is -1.26. The highest BCUT2D eigenvalue weighted by Gasteiger charge is 2.18. The number of hydrogen-bond acceptors (Lipinski definition) is 3. The molecule has 0 aliphatic rings. The number of aromatic hydroxyl groups is 1. The van der Waals surface area contributed by atoms with Gasteiger partial charge < -0.3 is 15.9 Å². The van der Waals surface area contributed by atoms with Crippen molar-refractivity contribution in [2.45, 2.75) is 26.3 Å². The highest BCUT2D eigenvalue weighted by atomic mass is 35.5. The highest BCUT2D eigenvalue weighted by molar-refractivity contribution is 6.31. The number of carboxylic acids is 1. The van der Waals surface area contributed by atoms with Gasteiger partial charge in [0, 0.05) is 17.0 Å². The van der Waals surface area contributed by atoms with E-state index < -0.39 is 12.0 Å². The summed E-state index contributed by atoms with van der Waals surface area (Å²) in [4.78, 5) is 10.6. The van der Waals surface area contributed by atoms with E-state index in [0.29, 0.717) is 16.1 Å². The molecule has 1 atom stereocenters. The molecule has 4 nitrogen and oxygen atoms in total. The summed E-state index contributed by atoms with van der Waals surface area (Å²) in [5, 5.41) is 19.0. The van der Waals surface area contributed by atoms with E-state index in [9.17, 15) is 9.90 Å². The van der Waals surface area contributed by atoms with E-state index >= 15 is 0 Å². The Morgan fingerprint density at radius 1 is 1.56 bits per heavy atom. The molecule has 88 valence electrons. The second kappa shape index (κ2) is 4.72. The van der Waals surface area contributed by atoms with Crippen molar-refractivity contribution in [2.24, 2.45) is 5.73 Å². The molecule has 0 fully saturated rings. The van der Waals surface area contributed by atoms with Crippen LogP contribution in [0.1, 0.15) is 16.7 Å². The van der Waals surface area contributed by atoms with Crippen LogP contribution < -0.4 is 5.73 Å². The smallest absolute Gasteiger partial charge is 0.320 e. The largest absolute Gasteiger partial charge is 0.507 e.